The molecule has 0 saturated carbocycles. The van der Waals surface area contributed by atoms with Crippen LogP contribution in [-0.2, 0) is 4.74 Å². The highest BCUT2D eigenvalue weighted by molar-refractivity contribution is 4.92. The molecule has 0 spiro atoms. The first kappa shape index (κ1) is 11.8. The van der Waals surface area contributed by atoms with Gasteiger partial charge >= 0.3 is 0 Å². The van der Waals surface area contributed by atoms with Crippen molar-refractivity contribution in [2.45, 2.75) is 30.6 Å². The highest BCUT2D eigenvalue weighted by Crippen LogP contribution is 2.22. The van der Waals surface area contributed by atoms with Crippen LogP contribution in [0.3, 0.4) is 0 Å². The summed E-state index contributed by atoms with van der Waals surface area (Å²) in [7, 11) is 3.32. The van der Waals surface area contributed by atoms with E-state index in [2.05, 4.69) is 0 Å². The Balaban J connectivity index is 2.74. The first-order valence-corrected chi connectivity index (χ1v) is 4.46. The van der Waals surface area contributed by atoms with Crippen molar-refractivity contribution in [1.29, 1.82) is 0 Å². The van der Waals surface area contributed by atoms with E-state index < -0.39 is 37.3 Å². The number of hydrogen-bond acceptors (Lipinski definition) is 6. The lowest BCUT2D eigenvalue weighted by Crippen LogP contribution is -2.62. The Hall–Kier alpha value is -0.240. The quantitative estimate of drug-likeness (QED) is 0.395. The van der Waals surface area contributed by atoms with Gasteiger partial charge < -0.3 is 25.2 Å². The van der Waals surface area contributed by atoms with E-state index in [4.69, 9.17) is 9.84 Å². The number of ether oxygens (including phenoxy) is 1. The topological polar surface area (TPSA) is 93.4 Å². The van der Waals surface area contributed by atoms with Crippen molar-refractivity contribution >= 4 is 0 Å². The van der Waals surface area contributed by atoms with Crippen molar-refractivity contribution in [2.75, 3.05) is 20.7 Å². The summed E-state index contributed by atoms with van der Waals surface area (Å²) in [6.45, 7) is -0.435. The predicted molar refractivity (Wildman–Crippen MR) is 47.5 cm³/mol. The van der Waals surface area contributed by atoms with Gasteiger partial charge in [-0.05, 0) is 14.1 Å². The average molecular weight is 207 g/mol. The molecule has 0 bridgehead atoms. The zero-order chi connectivity index (χ0) is 10.9. The van der Waals surface area contributed by atoms with Crippen molar-refractivity contribution in [1.82, 2.24) is 4.90 Å². The Bertz CT molecular complexity index is 189. The molecule has 84 valence electrons. The van der Waals surface area contributed by atoms with E-state index in [0.29, 0.717) is 0 Å². The van der Waals surface area contributed by atoms with Crippen LogP contribution in [0.4, 0.5) is 0 Å². The van der Waals surface area contributed by atoms with E-state index in [1.165, 1.54) is 0 Å². The molecule has 1 rings (SSSR count). The molecule has 5 atom stereocenters. The van der Waals surface area contributed by atoms with Gasteiger partial charge in [-0.15, -0.1) is 0 Å². The zero-order valence-corrected chi connectivity index (χ0v) is 8.24. The Kier molecular flexibility index (Phi) is 3.82. The van der Waals surface area contributed by atoms with Gasteiger partial charge in [-0.1, -0.05) is 0 Å². The van der Waals surface area contributed by atoms with E-state index in [1.54, 1.807) is 19.0 Å². The maximum Gasteiger partial charge on any atom is 0.173 e. The first-order chi connectivity index (χ1) is 6.49. The molecule has 1 heterocycles. The lowest BCUT2D eigenvalue weighted by molar-refractivity contribution is -0.268. The summed E-state index contributed by atoms with van der Waals surface area (Å²) in [6, 6.07) is -0.687. The monoisotopic (exact) mass is 207 g/mol. The normalized spacial score (nSPS) is 44.4. The van der Waals surface area contributed by atoms with E-state index in [9.17, 15) is 15.3 Å². The van der Waals surface area contributed by atoms with Gasteiger partial charge in [0.2, 0.25) is 0 Å². The molecule has 1 aliphatic heterocycles. The largest absolute Gasteiger partial charge is 0.394 e. The van der Waals surface area contributed by atoms with Gasteiger partial charge in [0.1, 0.15) is 18.3 Å². The van der Waals surface area contributed by atoms with E-state index in [1.807, 2.05) is 0 Å². The van der Waals surface area contributed by atoms with E-state index in [-0.39, 0.29) is 0 Å². The van der Waals surface area contributed by atoms with Gasteiger partial charge in [-0.2, -0.15) is 0 Å². The zero-order valence-electron chi connectivity index (χ0n) is 8.24. The van der Waals surface area contributed by atoms with Crippen LogP contribution in [0.2, 0.25) is 0 Å². The number of likely N-dealkylation sites (N-methyl/N-ethyl adjacent to an activating group) is 1. The van der Waals surface area contributed by atoms with Crippen molar-refractivity contribution < 1.29 is 25.2 Å². The standard InChI is InChI=1S/C8H17NO5/c1-9(2)5-7(12)6(11)4(3-10)14-8(5)13/h4-8,10-13H,3H2,1-2H3/t4-,5-,6-,7-,8-/m1/s1. The van der Waals surface area contributed by atoms with Crippen LogP contribution in [0.1, 0.15) is 0 Å². The predicted octanol–water partition coefficient (Wildman–Crippen LogP) is -2.65. The number of rotatable bonds is 2. The summed E-state index contributed by atoms with van der Waals surface area (Å²) in [6.07, 6.45) is -4.46. The molecule has 0 aromatic rings. The lowest BCUT2D eigenvalue weighted by atomic mass is 9.96. The van der Waals surface area contributed by atoms with Gasteiger partial charge in [-0.3, -0.25) is 4.90 Å². The molecule has 0 aromatic carbocycles. The van der Waals surface area contributed by atoms with Crippen molar-refractivity contribution in [3.8, 4) is 0 Å². The molecule has 0 amide bonds. The maximum absolute atomic E-state index is 9.64. The highest BCUT2D eigenvalue weighted by Gasteiger charge is 2.44. The second-order valence-corrected chi connectivity index (χ2v) is 3.68. The maximum atomic E-state index is 9.64. The van der Waals surface area contributed by atoms with Crippen LogP contribution in [0.25, 0.3) is 0 Å². The van der Waals surface area contributed by atoms with Crippen LogP contribution >= 0.6 is 0 Å². The summed E-state index contributed by atoms with van der Waals surface area (Å²) < 4.78 is 4.95. The fourth-order valence-corrected chi connectivity index (χ4v) is 1.64. The molecule has 0 unspecified atom stereocenters. The van der Waals surface area contributed by atoms with Crippen molar-refractivity contribution in [3.63, 3.8) is 0 Å². The van der Waals surface area contributed by atoms with Crippen LogP contribution in [0.5, 0.6) is 0 Å². The first-order valence-electron chi connectivity index (χ1n) is 4.46. The molecule has 6 heteroatoms. The Labute approximate surface area is 82.3 Å². The minimum atomic E-state index is -1.21. The molecule has 1 saturated heterocycles. The fraction of sp³-hybridized carbons (Fsp3) is 1.00. The van der Waals surface area contributed by atoms with Gasteiger partial charge in [-0.25, -0.2) is 0 Å². The second kappa shape index (κ2) is 4.52. The lowest BCUT2D eigenvalue weighted by Gasteiger charge is -2.42. The molecule has 1 fully saturated rings. The Morgan fingerprint density at radius 2 is 1.71 bits per heavy atom. The molecule has 14 heavy (non-hydrogen) atoms. The minimum Gasteiger partial charge on any atom is -0.394 e. The fourth-order valence-electron chi connectivity index (χ4n) is 1.64. The van der Waals surface area contributed by atoms with Crippen LogP contribution in [0, 0.1) is 0 Å². The van der Waals surface area contributed by atoms with Crippen molar-refractivity contribution in [3.05, 3.63) is 0 Å². The summed E-state index contributed by atoms with van der Waals surface area (Å²) in [5.74, 6) is 0. The Morgan fingerprint density at radius 1 is 1.14 bits per heavy atom. The molecule has 6 nitrogen and oxygen atoms in total. The molecular weight excluding hydrogens is 190 g/mol. The number of nitrogens with zero attached hydrogens (tertiary/aromatic N) is 1. The third kappa shape index (κ3) is 2.05. The SMILES string of the molecule is CN(C)[C@@H]1[C@@H](O)[C@H](O)[C@@H](CO)O[C@H]1O. The van der Waals surface area contributed by atoms with Gasteiger partial charge in [0.25, 0.3) is 0 Å². The summed E-state index contributed by atoms with van der Waals surface area (Å²) in [5, 5.41) is 37.4. The van der Waals surface area contributed by atoms with Crippen LogP contribution < -0.4 is 0 Å². The number of aliphatic hydroxyl groups excluding tert-OH is 4. The second-order valence-electron chi connectivity index (χ2n) is 3.68. The number of hydrogen-bond donors (Lipinski definition) is 4. The summed E-state index contributed by atoms with van der Waals surface area (Å²) in [5.41, 5.74) is 0. The average Bonchev–Trinajstić information content (AvgIpc) is 2.10. The van der Waals surface area contributed by atoms with Gasteiger partial charge in [0, 0.05) is 0 Å². The molecule has 4 N–H and O–H groups in total. The molecule has 0 radical (unpaired) electrons. The molecule has 0 aromatic heterocycles. The van der Waals surface area contributed by atoms with E-state index in [0.717, 1.165) is 0 Å². The smallest absolute Gasteiger partial charge is 0.173 e. The minimum absolute atomic E-state index is 0.435. The number of aliphatic hydroxyl groups is 4. The van der Waals surface area contributed by atoms with Gasteiger partial charge in [0.05, 0.1) is 12.6 Å². The summed E-state index contributed by atoms with van der Waals surface area (Å²) in [4.78, 5) is 1.56. The molecule has 1 aliphatic rings. The third-order valence-electron chi connectivity index (χ3n) is 2.46. The van der Waals surface area contributed by atoms with Crippen LogP contribution in [-0.4, -0.2) is 76.7 Å². The Morgan fingerprint density at radius 3 is 2.14 bits per heavy atom. The van der Waals surface area contributed by atoms with E-state index >= 15 is 0 Å². The molecular formula is C8H17NO5. The highest BCUT2D eigenvalue weighted by atomic mass is 16.6. The third-order valence-corrected chi connectivity index (χ3v) is 2.46. The summed E-state index contributed by atoms with van der Waals surface area (Å²) >= 11 is 0. The van der Waals surface area contributed by atoms with Crippen molar-refractivity contribution in [2.24, 2.45) is 0 Å². The molecule has 0 aliphatic carbocycles. The van der Waals surface area contributed by atoms with Crippen LogP contribution in [0.15, 0.2) is 0 Å². The van der Waals surface area contributed by atoms with Gasteiger partial charge in [0.15, 0.2) is 6.29 Å².